The average Bonchev–Trinajstić information content (AvgIpc) is 2.22. The van der Waals surface area contributed by atoms with Crippen LogP contribution in [0.2, 0.25) is 5.02 Å². The molecule has 0 radical (unpaired) electrons. The van der Waals surface area contributed by atoms with E-state index in [-0.39, 0.29) is 5.69 Å². The van der Waals surface area contributed by atoms with Crippen molar-refractivity contribution in [3.05, 3.63) is 59.1 Å². The van der Waals surface area contributed by atoms with E-state index in [9.17, 15) is 8.78 Å². The Morgan fingerprint density at radius 2 is 1.81 bits per heavy atom. The van der Waals surface area contributed by atoms with E-state index in [2.05, 4.69) is 5.32 Å². The van der Waals surface area contributed by atoms with Crippen LogP contribution >= 0.6 is 11.6 Å². The van der Waals surface area contributed by atoms with Crippen LogP contribution in [0, 0.1) is 11.6 Å². The molecule has 82 valence electrons. The van der Waals surface area contributed by atoms with Gasteiger partial charge in [0.25, 0.3) is 0 Å². The van der Waals surface area contributed by atoms with Gasteiger partial charge in [0.1, 0.15) is 11.6 Å². The highest BCUT2D eigenvalue weighted by molar-refractivity contribution is 6.30. The van der Waals surface area contributed by atoms with Crippen LogP contribution in [0.15, 0.2) is 42.5 Å². The summed E-state index contributed by atoms with van der Waals surface area (Å²) in [5.41, 5.74) is 0.863. The van der Waals surface area contributed by atoms with Crippen molar-refractivity contribution in [3.8, 4) is 0 Å². The quantitative estimate of drug-likeness (QED) is 0.821. The normalized spacial score (nSPS) is 10.2. The highest BCUT2D eigenvalue weighted by Gasteiger charge is 2.03. The van der Waals surface area contributed by atoms with Gasteiger partial charge in [0.15, 0.2) is 0 Å². The Labute approximate surface area is 96.7 Å². The molecule has 0 aliphatic rings. The van der Waals surface area contributed by atoms with Gasteiger partial charge in [-0.1, -0.05) is 17.7 Å². The minimum Gasteiger partial charge on any atom is -0.353 e. The molecule has 0 amide bonds. The molecule has 2 rings (SSSR count). The first-order chi connectivity index (χ1) is 7.65. The van der Waals surface area contributed by atoms with Crippen LogP contribution in [0.1, 0.15) is 0 Å². The van der Waals surface area contributed by atoms with Crippen LogP contribution in [-0.4, -0.2) is 0 Å². The highest BCUT2D eigenvalue weighted by Crippen LogP contribution is 2.22. The summed E-state index contributed by atoms with van der Waals surface area (Å²) in [6.45, 7) is 0. The zero-order valence-corrected chi connectivity index (χ0v) is 8.93. The molecule has 0 atom stereocenters. The van der Waals surface area contributed by atoms with Gasteiger partial charge in [0, 0.05) is 16.8 Å². The molecular formula is C12H8ClF2N. The number of anilines is 2. The van der Waals surface area contributed by atoms with Crippen LogP contribution in [0.5, 0.6) is 0 Å². The number of hydrogen-bond acceptors (Lipinski definition) is 1. The van der Waals surface area contributed by atoms with Crippen molar-refractivity contribution >= 4 is 23.0 Å². The third kappa shape index (κ3) is 2.49. The highest BCUT2D eigenvalue weighted by atomic mass is 35.5. The minimum absolute atomic E-state index is 0.212. The summed E-state index contributed by atoms with van der Waals surface area (Å²) in [4.78, 5) is 0. The Hall–Kier alpha value is -1.61. The van der Waals surface area contributed by atoms with Crippen molar-refractivity contribution in [3.63, 3.8) is 0 Å². The standard InChI is InChI=1S/C12H8ClF2N/c13-8-2-1-3-10(6-8)16-12-5-4-9(14)7-11(12)15/h1-7,16H. The van der Waals surface area contributed by atoms with E-state index in [1.54, 1.807) is 24.3 Å². The summed E-state index contributed by atoms with van der Waals surface area (Å²) in [5.74, 6) is -1.24. The lowest BCUT2D eigenvalue weighted by Crippen LogP contribution is -1.94. The third-order valence-electron chi connectivity index (χ3n) is 2.03. The summed E-state index contributed by atoms with van der Waals surface area (Å²) >= 11 is 5.78. The monoisotopic (exact) mass is 239 g/mol. The van der Waals surface area contributed by atoms with Crippen LogP contribution < -0.4 is 5.32 Å². The first kappa shape index (κ1) is 10.9. The van der Waals surface area contributed by atoms with Gasteiger partial charge in [-0.15, -0.1) is 0 Å². The maximum Gasteiger partial charge on any atom is 0.149 e. The molecule has 0 aromatic heterocycles. The van der Waals surface area contributed by atoms with Gasteiger partial charge in [0.2, 0.25) is 0 Å². The summed E-state index contributed by atoms with van der Waals surface area (Å²) in [5, 5.41) is 3.36. The molecule has 1 N–H and O–H groups in total. The predicted octanol–water partition coefficient (Wildman–Crippen LogP) is 4.36. The molecule has 0 aliphatic carbocycles. The Balaban J connectivity index is 2.27. The molecule has 0 saturated carbocycles. The van der Waals surface area contributed by atoms with Crippen molar-refractivity contribution in [2.75, 3.05) is 5.32 Å². The second-order valence-corrected chi connectivity index (χ2v) is 3.70. The fourth-order valence-electron chi connectivity index (χ4n) is 1.31. The number of rotatable bonds is 2. The predicted molar refractivity (Wildman–Crippen MR) is 61.1 cm³/mol. The molecule has 0 saturated heterocycles. The fraction of sp³-hybridized carbons (Fsp3) is 0. The number of halogens is 3. The maximum absolute atomic E-state index is 13.3. The molecule has 0 spiro atoms. The van der Waals surface area contributed by atoms with E-state index < -0.39 is 11.6 Å². The summed E-state index contributed by atoms with van der Waals surface area (Å²) in [6, 6.07) is 10.2. The molecule has 0 fully saturated rings. The van der Waals surface area contributed by atoms with Crippen LogP contribution in [0.4, 0.5) is 20.2 Å². The average molecular weight is 240 g/mol. The largest absolute Gasteiger partial charge is 0.353 e. The Morgan fingerprint density at radius 3 is 2.50 bits per heavy atom. The van der Waals surface area contributed by atoms with Crippen LogP contribution in [-0.2, 0) is 0 Å². The van der Waals surface area contributed by atoms with Crippen LogP contribution in [0.25, 0.3) is 0 Å². The summed E-state index contributed by atoms with van der Waals surface area (Å²) in [6.07, 6.45) is 0. The number of benzene rings is 2. The first-order valence-corrected chi connectivity index (χ1v) is 5.00. The SMILES string of the molecule is Fc1ccc(Nc2cccc(Cl)c2)c(F)c1. The van der Waals surface area contributed by atoms with Crippen molar-refractivity contribution in [2.24, 2.45) is 0 Å². The summed E-state index contributed by atoms with van der Waals surface area (Å²) < 4.78 is 26.0. The second kappa shape index (κ2) is 4.49. The van der Waals surface area contributed by atoms with Gasteiger partial charge in [-0.05, 0) is 30.3 Å². The van der Waals surface area contributed by atoms with E-state index in [4.69, 9.17) is 11.6 Å². The molecule has 1 nitrogen and oxygen atoms in total. The Kier molecular flexibility index (Phi) is 3.06. The van der Waals surface area contributed by atoms with E-state index in [1.165, 1.54) is 12.1 Å². The fourth-order valence-corrected chi connectivity index (χ4v) is 1.50. The molecule has 0 heterocycles. The second-order valence-electron chi connectivity index (χ2n) is 3.26. The van der Waals surface area contributed by atoms with Crippen molar-refractivity contribution in [1.29, 1.82) is 0 Å². The van der Waals surface area contributed by atoms with Crippen molar-refractivity contribution in [2.45, 2.75) is 0 Å². The van der Waals surface area contributed by atoms with E-state index in [1.807, 2.05) is 0 Å². The van der Waals surface area contributed by atoms with Crippen LogP contribution in [0.3, 0.4) is 0 Å². The molecule has 4 heteroatoms. The number of hydrogen-bond donors (Lipinski definition) is 1. The molecule has 2 aromatic carbocycles. The lowest BCUT2D eigenvalue weighted by molar-refractivity contribution is 0.586. The lowest BCUT2D eigenvalue weighted by atomic mass is 10.2. The topological polar surface area (TPSA) is 12.0 Å². The number of nitrogens with one attached hydrogen (secondary N) is 1. The zero-order valence-electron chi connectivity index (χ0n) is 8.18. The Bertz CT molecular complexity index is 514. The van der Waals surface area contributed by atoms with Gasteiger partial charge in [-0.25, -0.2) is 8.78 Å². The third-order valence-corrected chi connectivity index (χ3v) is 2.27. The van der Waals surface area contributed by atoms with Gasteiger partial charge < -0.3 is 5.32 Å². The summed E-state index contributed by atoms with van der Waals surface area (Å²) in [7, 11) is 0. The van der Waals surface area contributed by atoms with Gasteiger partial charge >= 0.3 is 0 Å². The van der Waals surface area contributed by atoms with Gasteiger partial charge in [0.05, 0.1) is 5.69 Å². The molecule has 0 unspecified atom stereocenters. The van der Waals surface area contributed by atoms with E-state index >= 15 is 0 Å². The lowest BCUT2D eigenvalue weighted by Gasteiger charge is -2.07. The molecule has 16 heavy (non-hydrogen) atoms. The van der Waals surface area contributed by atoms with Crippen molar-refractivity contribution < 1.29 is 8.78 Å². The smallest absolute Gasteiger partial charge is 0.149 e. The van der Waals surface area contributed by atoms with E-state index in [0.717, 1.165) is 6.07 Å². The molecule has 0 aliphatic heterocycles. The zero-order chi connectivity index (χ0) is 11.5. The molecular weight excluding hydrogens is 232 g/mol. The van der Waals surface area contributed by atoms with Gasteiger partial charge in [-0.3, -0.25) is 0 Å². The minimum atomic E-state index is -0.639. The van der Waals surface area contributed by atoms with E-state index in [0.29, 0.717) is 10.7 Å². The first-order valence-electron chi connectivity index (χ1n) is 4.63. The van der Waals surface area contributed by atoms with Gasteiger partial charge in [-0.2, -0.15) is 0 Å². The maximum atomic E-state index is 13.3. The molecule has 0 bridgehead atoms. The van der Waals surface area contributed by atoms with Crippen molar-refractivity contribution in [1.82, 2.24) is 0 Å². The molecule has 2 aromatic rings. The Morgan fingerprint density at radius 1 is 1.00 bits per heavy atom.